The van der Waals surface area contributed by atoms with E-state index in [2.05, 4.69) is 26.3 Å². The molecule has 3 aromatic rings. The van der Waals surface area contributed by atoms with Crippen LogP contribution in [0.2, 0.25) is 0 Å². The first kappa shape index (κ1) is 18.9. The van der Waals surface area contributed by atoms with E-state index >= 15 is 0 Å². The van der Waals surface area contributed by atoms with Crippen molar-refractivity contribution in [3.8, 4) is 0 Å². The predicted octanol–water partition coefficient (Wildman–Crippen LogP) is 1.98. The summed E-state index contributed by atoms with van der Waals surface area (Å²) in [4.78, 5) is 24.3. The zero-order chi connectivity index (χ0) is 20.1. The van der Waals surface area contributed by atoms with Gasteiger partial charge in [0.15, 0.2) is 11.5 Å². The van der Waals surface area contributed by atoms with E-state index in [1.807, 2.05) is 12.1 Å². The molecule has 0 bridgehead atoms. The van der Waals surface area contributed by atoms with Gasteiger partial charge in [-0.2, -0.15) is 0 Å². The maximum absolute atomic E-state index is 12.4. The van der Waals surface area contributed by atoms with Crippen LogP contribution >= 0.6 is 0 Å². The van der Waals surface area contributed by atoms with Crippen LogP contribution in [0.25, 0.3) is 0 Å². The smallest absolute Gasteiger partial charge is 0.291 e. The number of aromatic nitrogens is 3. The molecule has 3 heterocycles. The molecule has 4 rings (SSSR count). The molecule has 0 atom stereocenters. The number of amides is 2. The normalized spacial score (nSPS) is 14.5. The maximum Gasteiger partial charge on any atom is 0.291 e. The number of carbonyl (C=O) groups excluding carboxylic acids is 2. The number of benzene rings is 1. The standard InChI is InChI=1S/C20H22N6O3/c27-19(17-13-26(25-24-17)16-7-9-21-10-8-16)22-12-14-3-5-15(6-4-14)23-20(28)18-2-1-11-29-18/h1-6,11,13,16,21H,7-10,12H2,(H,22,27)(H,23,28). The van der Waals surface area contributed by atoms with E-state index in [0.29, 0.717) is 17.9 Å². The number of nitrogens with one attached hydrogen (secondary N) is 3. The van der Waals surface area contributed by atoms with Crippen LogP contribution < -0.4 is 16.0 Å². The summed E-state index contributed by atoms with van der Waals surface area (Å²) in [6.45, 7) is 2.25. The number of anilines is 1. The lowest BCUT2D eigenvalue weighted by Gasteiger charge is -2.22. The summed E-state index contributed by atoms with van der Waals surface area (Å²) in [5.41, 5.74) is 1.86. The van der Waals surface area contributed by atoms with Crippen molar-refractivity contribution in [2.75, 3.05) is 18.4 Å². The van der Waals surface area contributed by atoms with Crippen molar-refractivity contribution in [2.45, 2.75) is 25.4 Å². The Bertz CT molecular complexity index is 959. The Labute approximate surface area is 167 Å². The third-order valence-electron chi connectivity index (χ3n) is 4.84. The molecule has 9 nitrogen and oxygen atoms in total. The van der Waals surface area contributed by atoms with Crippen LogP contribution in [-0.2, 0) is 6.54 Å². The SMILES string of the molecule is O=C(NCc1ccc(NC(=O)c2ccco2)cc1)c1cn(C2CCNCC2)nn1. The molecule has 29 heavy (non-hydrogen) atoms. The van der Waals surface area contributed by atoms with Gasteiger partial charge in [0, 0.05) is 12.2 Å². The van der Waals surface area contributed by atoms with Crippen LogP contribution in [0.3, 0.4) is 0 Å². The van der Waals surface area contributed by atoms with Crippen LogP contribution in [0.4, 0.5) is 5.69 Å². The lowest BCUT2D eigenvalue weighted by atomic mass is 10.1. The molecule has 1 aromatic carbocycles. The molecule has 0 saturated carbocycles. The van der Waals surface area contributed by atoms with Crippen molar-refractivity contribution in [3.63, 3.8) is 0 Å². The predicted molar refractivity (Wildman–Crippen MR) is 105 cm³/mol. The highest BCUT2D eigenvalue weighted by Gasteiger charge is 2.18. The third-order valence-corrected chi connectivity index (χ3v) is 4.84. The Morgan fingerprint density at radius 1 is 1.14 bits per heavy atom. The van der Waals surface area contributed by atoms with E-state index in [0.717, 1.165) is 31.5 Å². The van der Waals surface area contributed by atoms with Crippen LogP contribution in [0.5, 0.6) is 0 Å². The fourth-order valence-electron chi connectivity index (χ4n) is 3.21. The molecule has 3 N–H and O–H groups in total. The van der Waals surface area contributed by atoms with Gasteiger partial charge in [-0.1, -0.05) is 17.3 Å². The monoisotopic (exact) mass is 394 g/mol. The fourth-order valence-corrected chi connectivity index (χ4v) is 3.21. The first-order chi connectivity index (χ1) is 14.2. The van der Waals surface area contributed by atoms with Gasteiger partial charge in [0.05, 0.1) is 18.5 Å². The molecule has 1 aliphatic rings. The molecule has 1 fully saturated rings. The Balaban J connectivity index is 1.29. The van der Waals surface area contributed by atoms with Gasteiger partial charge in [0.25, 0.3) is 11.8 Å². The minimum Gasteiger partial charge on any atom is -0.459 e. The first-order valence-corrected chi connectivity index (χ1v) is 9.53. The van der Waals surface area contributed by atoms with Crippen LogP contribution in [0, 0.1) is 0 Å². The van der Waals surface area contributed by atoms with Crippen molar-refractivity contribution in [1.29, 1.82) is 0 Å². The van der Waals surface area contributed by atoms with Gasteiger partial charge < -0.3 is 20.4 Å². The minimum atomic E-state index is -0.312. The van der Waals surface area contributed by atoms with Crippen molar-refractivity contribution in [2.24, 2.45) is 0 Å². The Morgan fingerprint density at radius 2 is 1.93 bits per heavy atom. The highest BCUT2D eigenvalue weighted by atomic mass is 16.3. The van der Waals surface area contributed by atoms with Crippen molar-refractivity contribution >= 4 is 17.5 Å². The minimum absolute atomic E-state index is 0.249. The van der Waals surface area contributed by atoms with Gasteiger partial charge in [-0.25, -0.2) is 4.68 Å². The molecule has 9 heteroatoms. The van der Waals surface area contributed by atoms with Gasteiger partial charge in [-0.05, 0) is 55.8 Å². The summed E-state index contributed by atoms with van der Waals surface area (Å²) in [5, 5.41) is 17.0. The Morgan fingerprint density at radius 3 is 2.66 bits per heavy atom. The highest BCUT2D eigenvalue weighted by Crippen LogP contribution is 2.17. The molecule has 1 aliphatic heterocycles. The van der Waals surface area contributed by atoms with Crippen molar-refractivity contribution in [1.82, 2.24) is 25.6 Å². The zero-order valence-electron chi connectivity index (χ0n) is 15.8. The summed E-state index contributed by atoms with van der Waals surface area (Å²) < 4.78 is 6.85. The van der Waals surface area contributed by atoms with E-state index in [-0.39, 0.29) is 23.6 Å². The third kappa shape index (κ3) is 4.69. The van der Waals surface area contributed by atoms with Gasteiger partial charge in [-0.15, -0.1) is 5.10 Å². The highest BCUT2D eigenvalue weighted by molar-refractivity contribution is 6.02. The number of hydrogen-bond acceptors (Lipinski definition) is 6. The van der Waals surface area contributed by atoms with E-state index in [9.17, 15) is 9.59 Å². The molecule has 2 aromatic heterocycles. The first-order valence-electron chi connectivity index (χ1n) is 9.53. The topological polar surface area (TPSA) is 114 Å². The summed E-state index contributed by atoms with van der Waals surface area (Å²) in [6.07, 6.45) is 5.12. The van der Waals surface area contributed by atoms with E-state index < -0.39 is 0 Å². The largest absolute Gasteiger partial charge is 0.459 e. The Kier molecular flexibility index (Phi) is 5.66. The average molecular weight is 394 g/mol. The van der Waals surface area contributed by atoms with Gasteiger partial charge >= 0.3 is 0 Å². The number of piperidine rings is 1. The van der Waals surface area contributed by atoms with Gasteiger partial charge in [-0.3, -0.25) is 9.59 Å². The van der Waals surface area contributed by atoms with Gasteiger partial charge in [0.2, 0.25) is 0 Å². The summed E-state index contributed by atoms with van der Waals surface area (Å²) in [7, 11) is 0. The molecular weight excluding hydrogens is 372 g/mol. The summed E-state index contributed by atoms with van der Waals surface area (Å²) in [5.74, 6) is -0.327. The second-order valence-electron chi connectivity index (χ2n) is 6.88. The van der Waals surface area contributed by atoms with Crippen molar-refractivity contribution in [3.05, 3.63) is 65.9 Å². The van der Waals surface area contributed by atoms with Gasteiger partial charge in [0.1, 0.15) is 0 Å². The maximum atomic E-state index is 12.4. The molecular formula is C20H22N6O3. The molecule has 2 amide bonds. The number of carbonyl (C=O) groups is 2. The molecule has 0 spiro atoms. The number of hydrogen-bond donors (Lipinski definition) is 3. The average Bonchev–Trinajstić information content (AvgIpc) is 3.46. The summed E-state index contributed by atoms with van der Waals surface area (Å²) in [6, 6.07) is 10.8. The van der Waals surface area contributed by atoms with E-state index in [4.69, 9.17) is 4.42 Å². The van der Waals surface area contributed by atoms with Crippen molar-refractivity contribution < 1.29 is 14.0 Å². The molecule has 150 valence electrons. The fraction of sp³-hybridized carbons (Fsp3) is 0.300. The molecule has 0 unspecified atom stereocenters. The quantitative estimate of drug-likeness (QED) is 0.589. The zero-order valence-corrected chi connectivity index (χ0v) is 15.8. The second-order valence-corrected chi connectivity index (χ2v) is 6.88. The number of rotatable bonds is 6. The molecule has 0 radical (unpaired) electrons. The van der Waals surface area contributed by atoms with Crippen LogP contribution in [0.1, 0.15) is 45.5 Å². The lowest BCUT2D eigenvalue weighted by molar-refractivity contribution is 0.0944. The lowest BCUT2D eigenvalue weighted by Crippen LogP contribution is -2.29. The van der Waals surface area contributed by atoms with Crippen LogP contribution in [0.15, 0.2) is 53.3 Å². The molecule has 0 aliphatic carbocycles. The molecule has 1 saturated heterocycles. The number of nitrogens with zero attached hydrogens (tertiary/aromatic N) is 3. The van der Waals surface area contributed by atoms with E-state index in [1.165, 1.54) is 6.26 Å². The van der Waals surface area contributed by atoms with Crippen LogP contribution in [-0.4, -0.2) is 39.9 Å². The Hall–Kier alpha value is -3.46. The number of furan rings is 1. The summed E-state index contributed by atoms with van der Waals surface area (Å²) >= 11 is 0. The second kappa shape index (κ2) is 8.70. The van der Waals surface area contributed by atoms with E-state index in [1.54, 1.807) is 35.1 Å².